The molecule has 1 atom stereocenters. The Bertz CT molecular complexity index is 554. The Labute approximate surface area is 120 Å². The fourth-order valence-corrected chi connectivity index (χ4v) is 3.73. The Morgan fingerprint density at radius 3 is 2.90 bits per heavy atom. The van der Waals surface area contributed by atoms with Gasteiger partial charge in [-0.15, -0.1) is 0 Å². The van der Waals surface area contributed by atoms with Gasteiger partial charge in [0.15, 0.2) is 0 Å². The number of rotatable bonds is 4. The maximum absolute atomic E-state index is 12.3. The summed E-state index contributed by atoms with van der Waals surface area (Å²) in [6, 6.07) is 5.06. The van der Waals surface area contributed by atoms with Gasteiger partial charge in [-0.25, -0.2) is 13.1 Å². The van der Waals surface area contributed by atoms with Crippen molar-refractivity contribution in [2.75, 3.05) is 39.0 Å². The van der Waals surface area contributed by atoms with Crippen LogP contribution >= 0.6 is 0 Å². The van der Waals surface area contributed by atoms with Gasteiger partial charge < -0.3 is 15.4 Å². The highest BCUT2D eigenvalue weighted by atomic mass is 32.2. The van der Waals surface area contributed by atoms with Gasteiger partial charge in [-0.2, -0.15) is 0 Å². The molecule has 1 unspecified atom stereocenters. The zero-order valence-corrected chi connectivity index (χ0v) is 12.6. The monoisotopic (exact) mass is 299 g/mol. The number of aryl methyl sites for hydroxylation is 1. The average molecular weight is 299 g/mol. The molecular weight excluding hydrogens is 278 g/mol. The van der Waals surface area contributed by atoms with Crippen molar-refractivity contribution >= 4 is 15.7 Å². The lowest BCUT2D eigenvalue weighted by Gasteiger charge is -2.30. The van der Waals surface area contributed by atoms with Gasteiger partial charge in [0, 0.05) is 19.6 Å². The van der Waals surface area contributed by atoms with E-state index in [0.29, 0.717) is 18.7 Å². The number of nitrogen functional groups attached to an aromatic ring is 1. The summed E-state index contributed by atoms with van der Waals surface area (Å²) in [5, 5.41) is 0. The fraction of sp³-hybridized carbons (Fsp3) is 0.538. The van der Waals surface area contributed by atoms with Crippen molar-refractivity contribution in [3.63, 3.8) is 0 Å². The van der Waals surface area contributed by atoms with Gasteiger partial charge in [-0.1, -0.05) is 12.1 Å². The molecule has 0 radical (unpaired) electrons. The van der Waals surface area contributed by atoms with E-state index in [-0.39, 0.29) is 23.2 Å². The minimum atomic E-state index is -3.61. The molecule has 1 heterocycles. The van der Waals surface area contributed by atoms with Crippen molar-refractivity contribution in [2.24, 2.45) is 0 Å². The van der Waals surface area contributed by atoms with E-state index in [4.69, 9.17) is 10.5 Å². The molecule has 1 aromatic carbocycles. The SMILES string of the molecule is Cc1cccc(N)c1S(=O)(=O)NCC1CN(C)CCO1. The van der Waals surface area contributed by atoms with Gasteiger partial charge in [0.05, 0.1) is 18.4 Å². The minimum absolute atomic E-state index is 0.131. The molecule has 3 N–H and O–H groups in total. The van der Waals surface area contributed by atoms with Crippen molar-refractivity contribution in [2.45, 2.75) is 17.9 Å². The molecule has 20 heavy (non-hydrogen) atoms. The molecule has 112 valence electrons. The van der Waals surface area contributed by atoms with Gasteiger partial charge in [0.2, 0.25) is 10.0 Å². The van der Waals surface area contributed by atoms with Gasteiger partial charge in [-0.05, 0) is 25.6 Å². The first-order chi connectivity index (χ1) is 9.40. The summed E-state index contributed by atoms with van der Waals surface area (Å²) >= 11 is 0. The minimum Gasteiger partial charge on any atom is -0.398 e. The Morgan fingerprint density at radius 2 is 2.25 bits per heavy atom. The molecule has 0 aliphatic carbocycles. The lowest BCUT2D eigenvalue weighted by Crippen LogP contribution is -2.46. The van der Waals surface area contributed by atoms with E-state index in [1.54, 1.807) is 25.1 Å². The Balaban J connectivity index is 2.08. The fourth-order valence-electron chi connectivity index (χ4n) is 2.31. The van der Waals surface area contributed by atoms with E-state index < -0.39 is 10.0 Å². The van der Waals surface area contributed by atoms with Crippen LogP contribution in [0.25, 0.3) is 0 Å². The molecule has 0 amide bonds. The third-order valence-corrected chi connectivity index (χ3v) is 5.00. The third-order valence-electron chi connectivity index (χ3n) is 3.35. The second-order valence-electron chi connectivity index (χ2n) is 5.10. The van der Waals surface area contributed by atoms with Crippen molar-refractivity contribution in [1.29, 1.82) is 0 Å². The van der Waals surface area contributed by atoms with Gasteiger partial charge in [-0.3, -0.25) is 0 Å². The third kappa shape index (κ3) is 3.49. The van der Waals surface area contributed by atoms with Gasteiger partial charge >= 0.3 is 0 Å². The van der Waals surface area contributed by atoms with Crippen LogP contribution in [0.2, 0.25) is 0 Å². The first-order valence-corrected chi connectivity index (χ1v) is 8.03. The van der Waals surface area contributed by atoms with Crippen molar-refractivity contribution < 1.29 is 13.2 Å². The van der Waals surface area contributed by atoms with Crippen molar-refractivity contribution in [3.8, 4) is 0 Å². The maximum Gasteiger partial charge on any atom is 0.242 e. The number of sulfonamides is 1. The van der Waals surface area contributed by atoms with Crippen LogP contribution < -0.4 is 10.5 Å². The number of benzene rings is 1. The highest BCUT2D eigenvalue weighted by molar-refractivity contribution is 7.89. The predicted octanol–water partition coefficient (Wildman–Crippen LogP) is 0.186. The first-order valence-electron chi connectivity index (χ1n) is 6.55. The second kappa shape index (κ2) is 6.09. The first kappa shape index (κ1) is 15.2. The van der Waals surface area contributed by atoms with Gasteiger partial charge in [0.1, 0.15) is 4.90 Å². The zero-order chi connectivity index (χ0) is 14.8. The molecule has 0 saturated carbocycles. The zero-order valence-electron chi connectivity index (χ0n) is 11.8. The van der Waals surface area contributed by atoms with Crippen molar-refractivity contribution in [3.05, 3.63) is 23.8 Å². The number of anilines is 1. The highest BCUT2D eigenvalue weighted by Gasteiger charge is 2.23. The lowest BCUT2D eigenvalue weighted by molar-refractivity contribution is -0.0156. The number of morpholine rings is 1. The summed E-state index contributed by atoms with van der Waals surface area (Å²) in [5.74, 6) is 0. The molecule has 0 spiro atoms. The maximum atomic E-state index is 12.3. The van der Waals surface area contributed by atoms with E-state index in [9.17, 15) is 8.42 Å². The van der Waals surface area contributed by atoms with E-state index in [0.717, 1.165) is 6.54 Å². The van der Waals surface area contributed by atoms with E-state index in [1.165, 1.54) is 0 Å². The molecule has 1 saturated heterocycles. The highest BCUT2D eigenvalue weighted by Crippen LogP contribution is 2.21. The van der Waals surface area contributed by atoms with Crippen LogP contribution in [0, 0.1) is 6.92 Å². The lowest BCUT2D eigenvalue weighted by atomic mass is 10.2. The largest absolute Gasteiger partial charge is 0.398 e. The number of ether oxygens (including phenoxy) is 1. The quantitative estimate of drug-likeness (QED) is 0.775. The van der Waals surface area contributed by atoms with Crippen LogP contribution in [0.3, 0.4) is 0 Å². The molecule has 7 heteroatoms. The van der Waals surface area contributed by atoms with Crippen LogP contribution in [0.15, 0.2) is 23.1 Å². The topological polar surface area (TPSA) is 84.7 Å². The Kier molecular flexibility index (Phi) is 4.64. The molecule has 0 bridgehead atoms. The molecule has 2 rings (SSSR count). The Morgan fingerprint density at radius 1 is 1.50 bits per heavy atom. The van der Waals surface area contributed by atoms with Crippen LogP contribution in [-0.4, -0.2) is 52.7 Å². The summed E-state index contributed by atoms with van der Waals surface area (Å²) in [6.07, 6.45) is -0.131. The number of hydrogen-bond donors (Lipinski definition) is 2. The van der Waals surface area contributed by atoms with Crippen molar-refractivity contribution in [1.82, 2.24) is 9.62 Å². The summed E-state index contributed by atoms with van der Waals surface area (Å²) in [5.41, 5.74) is 6.68. The van der Waals surface area contributed by atoms with Crippen LogP contribution in [0.1, 0.15) is 5.56 Å². The smallest absolute Gasteiger partial charge is 0.242 e. The number of nitrogens with one attached hydrogen (secondary N) is 1. The number of likely N-dealkylation sites (N-methyl/N-ethyl adjacent to an activating group) is 1. The number of nitrogens with zero attached hydrogens (tertiary/aromatic N) is 1. The number of nitrogens with two attached hydrogens (primary N) is 1. The predicted molar refractivity (Wildman–Crippen MR) is 78.0 cm³/mol. The molecule has 1 aliphatic rings. The van der Waals surface area contributed by atoms with E-state index >= 15 is 0 Å². The summed E-state index contributed by atoms with van der Waals surface area (Å²) in [7, 11) is -1.62. The normalized spacial score (nSPS) is 21.0. The molecular formula is C13H21N3O3S. The average Bonchev–Trinajstić information content (AvgIpc) is 2.36. The molecule has 0 aromatic heterocycles. The summed E-state index contributed by atoms with van der Waals surface area (Å²) in [4.78, 5) is 2.27. The van der Waals surface area contributed by atoms with Gasteiger partial charge in [0.25, 0.3) is 0 Å². The van der Waals surface area contributed by atoms with Crippen LogP contribution in [-0.2, 0) is 14.8 Å². The molecule has 1 aromatic rings. The molecule has 1 aliphatic heterocycles. The molecule has 6 nitrogen and oxygen atoms in total. The van der Waals surface area contributed by atoms with Crippen LogP contribution in [0.4, 0.5) is 5.69 Å². The van der Waals surface area contributed by atoms with E-state index in [2.05, 4.69) is 9.62 Å². The number of hydrogen-bond acceptors (Lipinski definition) is 5. The summed E-state index contributed by atoms with van der Waals surface area (Å²) < 4.78 is 32.8. The molecule has 1 fully saturated rings. The second-order valence-corrected chi connectivity index (χ2v) is 6.80. The standard InChI is InChI=1S/C13H21N3O3S/c1-10-4-3-5-12(14)13(10)20(17,18)15-8-11-9-16(2)6-7-19-11/h3-5,11,15H,6-9,14H2,1-2H3. The van der Waals surface area contributed by atoms with Crippen LogP contribution in [0.5, 0.6) is 0 Å². The Hall–Kier alpha value is -1.15. The van der Waals surface area contributed by atoms with E-state index in [1.807, 2.05) is 7.05 Å². The summed E-state index contributed by atoms with van der Waals surface area (Å²) in [6.45, 7) is 4.19.